The van der Waals surface area contributed by atoms with E-state index in [2.05, 4.69) is 20.2 Å². The minimum atomic E-state index is -0.0991. The molecule has 2 atom stereocenters. The van der Waals surface area contributed by atoms with Crippen molar-refractivity contribution in [3.05, 3.63) is 16.6 Å². The van der Waals surface area contributed by atoms with Gasteiger partial charge in [0.25, 0.3) is 0 Å². The molecule has 1 spiro atoms. The van der Waals surface area contributed by atoms with E-state index in [4.69, 9.17) is 9.47 Å². The van der Waals surface area contributed by atoms with Crippen LogP contribution in [0.4, 0.5) is 0 Å². The summed E-state index contributed by atoms with van der Waals surface area (Å²) in [5, 5.41) is 3.24. The van der Waals surface area contributed by atoms with E-state index in [0.717, 1.165) is 45.8 Å². The first kappa shape index (κ1) is 16.0. The molecule has 23 heavy (non-hydrogen) atoms. The highest BCUT2D eigenvalue weighted by Gasteiger charge is 2.43. The summed E-state index contributed by atoms with van der Waals surface area (Å²) in [5.74, 6) is 0. The summed E-state index contributed by atoms with van der Waals surface area (Å²) >= 11 is 1.74. The van der Waals surface area contributed by atoms with Gasteiger partial charge in [0.2, 0.25) is 0 Å². The van der Waals surface area contributed by atoms with Gasteiger partial charge in [-0.2, -0.15) is 0 Å². The van der Waals surface area contributed by atoms with E-state index >= 15 is 0 Å². The summed E-state index contributed by atoms with van der Waals surface area (Å²) in [6.07, 6.45) is 7.27. The Morgan fingerprint density at radius 1 is 1.26 bits per heavy atom. The van der Waals surface area contributed by atoms with Crippen molar-refractivity contribution in [3.63, 3.8) is 0 Å². The lowest BCUT2D eigenvalue weighted by atomic mass is 10.00. The van der Waals surface area contributed by atoms with Gasteiger partial charge in [-0.3, -0.25) is 4.90 Å². The molecule has 0 N–H and O–H groups in total. The topological polar surface area (TPSA) is 37.8 Å². The molecule has 0 aromatic carbocycles. The van der Waals surface area contributed by atoms with Crippen molar-refractivity contribution in [2.75, 3.05) is 45.9 Å². The van der Waals surface area contributed by atoms with E-state index in [9.17, 15) is 0 Å². The quantitative estimate of drug-likeness (QED) is 0.840. The maximum atomic E-state index is 6.56. The molecule has 3 aliphatic heterocycles. The second-order valence-electron chi connectivity index (χ2n) is 7.16. The zero-order chi connectivity index (χ0) is 15.5. The lowest BCUT2D eigenvalue weighted by Gasteiger charge is -2.32. The van der Waals surface area contributed by atoms with Crippen LogP contribution in [0.15, 0.2) is 11.6 Å². The summed E-state index contributed by atoms with van der Waals surface area (Å²) in [5.41, 5.74) is -0.0991. The molecule has 0 aliphatic carbocycles. The van der Waals surface area contributed by atoms with Crippen LogP contribution in [0.2, 0.25) is 0 Å². The third-order valence-electron chi connectivity index (χ3n) is 5.27. The first-order chi connectivity index (χ1) is 11.3. The van der Waals surface area contributed by atoms with Crippen molar-refractivity contribution in [1.29, 1.82) is 0 Å². The molecular weight excluding hydrogens is 310 g/mol. The van der Waals surface area contributed by atoms with Gasteiger partial charge in [-0.25, -0.2) is 4.98 Å². The Kier molecular flexibility index (Phi) is 4.96. The van der Waals surface area contributed by atoms with E-state index < -0.39 is 0 Å². The van der Waals surface area contributed by atoms with Crippen LogP contribution in [0.3, 0.4) is 0 Å². The Morgan fingerprint density at radius 3 is 3.00 bits per heavy atom. The standard InChI is InChI=1S/C17H27N3O2S/c1-2-7-19(6-1)11-15-3-4-17(22-15)13-20(8-9-21-14-17)12-16-18-5-10-23-16/h5,10,15H,1-4,6-9,11-14H2/t15-,17-/m0/s1. The highest BCUT2D eigenvalue weighted by Crippen LogP contribution is 2.34. The summed E-state index contributed by atoms with van der Waals surface area (Å²) in [4.78, 5) is 9.45. The van der Waals surface area contributed by atoms with Crippen molar-refractivity contribution in [3.8, 4) is 0 Å². The monoisotopic (exact) mass is 337 g/mol. The average molecular weight is 337 g/mol. The molecule has 5 nitrogen and oxygen atoms in total. The third-order valence-corrected chi connectivity index (χ3v) is 6.03. The molecular formula is C17H27N3O2S. The number of likely N-dealkylation sites (tertiary alicyclic amines) is 1. The van der Waals surface area contributed by atoms with Crippen molar-refractivity contribution in [2.24, 2.45) is 0 Å². The molecule has 3 fully saturated rings. The summed E-state index contributed by atoms with van der Waals surface area (Å²) in [6.45, 7) is 8.02. The Labute approximate surface area is 142 Å². The third kappa shape index (κ3) is 3.94. The molecule has 0 saturated carbocycles. The molecule has 1 aromatic rings. The first-order valence-electron chi connectivity index (χ1n) is 8.90. The number of thiazole rings is 1. The molecule has 3 aliphatic rings. The number of hydrogen-bond donors (Lipinski definition) is 0. The Balaban J connectivity index is 1.36. The van der Waals surface area contributed by atoms with E-state index in [1.807, 2.05) is 6.20 Å². The fourth-order valence-corrected chi connectivity index (χ4v) is 4.80. The van der Waals surface area contributed by atoms with Gasteiger partial charge in [0.05, 0.1) is 25.9 Å². The average Bonchev–Trinajstić information content (AvgIpc) is 3.25. The lowest BCUT2D eigenvalue weighted by Crippen LogP contribution is -2.45. The van der Waals surface area contributed by atoms with Gasteiger partial charge in [0, 0.05) is 31.2 Å². The predicted octanol–water partition coefficient (Wildman–Crippen LogP) is 1.99. The zero-order valence-electron chi connectivity index (χ0n) is 13.8. The van der Waals surface area contributed by atoms with Gasteiger partial charge in [-0.05, 0) is 38.8 Å². The highest BCUT2D eigenvalue weighted by molar-refractivity contribution is 7.09. The molecule has 6 heteroatoms. The number of rotatable bonds is 4. The summed E-state index contributed by atoms with van der Waals surface area (Å²) < 4.78 is 12.5. The summed E-state index contributed by atoms with van der Waals surface area (Å²) in [7, 11) is 0. The maximum Gasteiger partial charge on any atom is 0.107 e. The summed E-state index contributed by atoms with van der Waals surface area (Å²) in [6, 6.07) is 0. The van der Waals surface area contributed by atoms with Crippen LogP contribution in [-0.2, 0) is 16.0 Å². The second kappa shape index (κ2) is 7.15. The molecule has 4 rings (SSSR count). The van der Waals surface area contributed by atoms with Crippen LogP contribution in [0.1, 0.15) is 30.7 Å². The van der Waals surface area contributed by atoms with Crippen molar-refractivity contribution >= 4 is 11.3 Å². The van der Waals surface area contributed by atoms with Crippen LogP contribution in [-0.4, -0.2) is 72.4 Å². The lowest BCUT2D eigenvalue weighted by molar-refractivity contribution is -0.0913. The Hall–Kier alpha value is -0.530. The van der Waals surface area contributed by atoms with Crippen molar-refractivity contribution < 1.29 is 9.47 Å². The Bertz CT molecular complexity index is 492. The molecule has 3 saturated heterocycles. The highest BCUT2D eigenvalue weighted by atomic mass is 32.1. The second-order valence-corrected chi connectivity index (χ2v) is 8.14. The fourth-order valence-electron chi connectivity index (χ4n) is 4.14. The zero-order valence-corrected chi connectivity index (χ0v) is 14.6. The molecule has 0 amide bonds. The van der Waals surface area contributed by atoms with Crippen LogP contribution in [0.25, 0.3) is 0 Å². The van der Waals surface area contributed by atoms with Gasteiger partial charge in [0.1, 0.15) is 10.6 Å². The molecule has 1 aromatic heterocycles. The van der Waals surface area contributed by atoms with Gasteiger partial charge >= 0.3 is 0 Å². The SMILES string of the molecule is c1csc(CN2CCOC[C@]3(CC[C@@H](CN4CCCC4)O3)C2)n1. The van der Waals surface area contributed by atoms with Crippen LogP contribution in [0.5, 0.6) is 0 Å². The van der Waals surface area contributed by atoms with Crippen LogP contribution in [0, 0.1) is 0 Å². The van der Waals surface area contributed by atoms with E-state index in [0.29, 0.717) is 6.10 Å². The van der Waals surface area contributed by atoms with Gasteiger partial charge in [0.15, 0.2) is 0 Å². The predicted molar refractivity (Wildman–Crippen MR) is 90.7 cm³/mol. The number of nitrogens with zero attached hydrogens (tertiary/aromatic N) is 3. The van der Waals surface area contributed by atoms with Crippen molar-refractivity contribution in [1.82, 2.24) is 14.8 Å². The number of ether oxygens (including phenoxy) is 2. The van der Waals surface area contributed by atoms with E-state index in [1.54, 1.807) is 11.3 Å². The van der Waals surface area contributed by atoms with Gasteiger partial charge in [-0.1, -0.05) is 0 Å². The van der Waals surface area contributed by atoms with E-state index in [1.165, 1.54) is 37.4 Å². The smallest absolute Gasteiger partial charge is 0.107 e. The fraction of sp³-hybridized carbons (Fsp3) is 0.824. The minimum absolute atomic E-state index is 0.0991. The number of hydrogen-bond acceptors (Lipinski definition) is 6. The van der Waals surface area contributed by atoms with Crippen LogP contribution < -0.4 is 0 Å². The molecule has 4 heterocycles. The molecule has 0 bridgehead atoms. The van der Waals surface area contributed by atoms with E-state index in [-0.39, 0.29) is 5.60 Å². The normalized spacial score (nSPS) is 33.5. The Morgan fingerprint density at radius 2 is 2.17 bits per heavy atom. The first-order valence-corrected chi connectivity index (χ1v) is 9.78. The minimum Gasteiger partial charge on any atom is -0.377 e. The maximum absolute atomic E-state index is 6.56. The molecule has 0 radical (unpaired) electrons. The van der Waals surface area contributed by atoms with Crippen molar-refractivity contribution in [2.45, 2.75) is 43.9 Å². The molecule has 0 unspecified atom stereocenters. The largest absolute Gasteiger partial charge is 0.377 e. The van der Waals surface area contributed by atoms with Gasteiger partial charge in [-0.15, -0.1) is 11.3 Å². The number of aromatic nitrogens is 1. The van der Waals surface area contributed by atoms with Crippen LogP contribution >= 0.6 is 11.3 Å². The molecule has 128 valence electrons. The van der Waals surface area contributed by atoms with Gasteiger partial charge < -0.3 is 14.4 Å².